The van der Waals surface area contributed by atoms with Gasteiger partial charge in [-0.25, -0.2) is 9.97 Å². The van der Waals surface area contributed by atoms with Gasteiger partial charge in [0.2, 0.25) is 0 Å². The molecule has 0 atom stereocenters. The molecular formula is C23H29ClN6. The maximum atomic E-state index is 6.57. The van der Waals surface area contributed by atoms with E-state index in [9.17, 15) is 0 Å². The minimum Gasteiger partial charge on any atom is -0.350 e. The number of nitrogens with one attached hydrogen (secondary N) is 2. The van der Waals surface area contributed by atoms with E-state index in [4.69, 9.17) is 22.3 Å². The first-order chi connectivity index (χ1) is 14.7. The zero-order valence-electron chi connectivity index (χ0n) is 17.1. The Kier molecular flexibility index (Phi) is 5.63. The molecule has 3 aromatic heterocycles. The van der Waals surface area contributed by atoms with Crippen LogP contribution in [0.5, 0.6) is 0 Å². The van der Waals surface area contributed by atoms with Crippen molar-refractivity contribution < 1.29 is 0 Å². The summed E-state index contributed by atoms with van der Waals surface area (Å²) in [7, 11) is 0. The van der Waals surface area contributed by atoms with Crippen molar-refractivity contribution in [1.82, 2.24) is 20.3 Å². The van der Waals surface area contributed by atoms with Crippen LogP contribution in [0.2, 0.25) is 5.15 Å². The molecule has 2 fully saturated rings. The maximum Gasteiger partial charge on any atom is 0.137 e. The zero-order chi connectivity index (χ0) is 20.5. The van der Waals surface area contributed by atoms with E-state index in [-0.39, 0.29) is 0 Å². The second kappa shape index (κ2) is 8.53. The van der Waals surface area contributed by atoms with Gasteiger partial charge in [-0.15, -0.1) is 0 Å². The molecule has 1 aliphatic carbocycles. The third kappa shape index (κ3) is 3.92. The number of piperidine rings is 1. The quantitative estimate of drug-likeness (QED) is 0.549. The van der Waals surface area contributed by atoms with E-state index >= 15 is 0 Å². The van der Waals surface area contributed by atoms with Gasteiger partial charge in [-0.2, -0.15) is 0 Å². The predicted molar refractivity (Wildman–Crippen MR) is 123 cm³/mol. The first-order valence-electron chi connectivity index (χ1n) is 11.0. The number of nitrogens with two attached hydrogens (primary N) is 1. The molecule has 0 radical (unpaired) electrons. The Bertz CT molecular complexity index is 1000. The monoisotopic (exact) mass is 424 g/mol. The van der Waals surface area contributed by atoms with Crippen molar-refractivity contribution in [2.45, 2.75) is 56.7 Å². The molecule has 7 heteroatoms. The lowest BCUT2D eigenvalue weighted by molar-refractivity contribution is 0.327. The van der Waals surface area contributed by atoms with Gasteiger partial charge >= 0.3 is 0 Å². The van der Waals surface area contributed by atoms with E-state index in [1.165, 1.54) is 0 Å². The lowest BCUT2D eigenvalue weighted by Gasteiger charge is -2.43. The number of halogens is 1. The molecule has 6 nitrogen and oxygen atoms in total. The molecule has 5 rings (SSSR count). The predicted octanol–water partition coefficient (Wildman–Crippen LogP) is 4.11. The van der Waals surface area contributed by atoms with Crippen molar-refractivity contribution in [2.75, 3.05) is 18.0 Å². The number of nitrogens with zero attached hydrogens (tertiary/aromatic N) is 3. The second-order valence-electron chi connectivity index (χ2n) is 8.60. The topological polar surface area (TPSA) is 82.9 Å². The highest BCUT2D eigenvalue weighted by atomic mass is 35.5. The van der Waals surface area contributed by atoms with Crippen molar-refractivity contribution in [3.8, 4) is 11.1 Å². The van der Waals surface area contributed by atoms with Crippen molar-refractivity contribution in [3.63, 3.8) is 0 Å². The van der Waals surface area contributed by atoms with Gasteiger partial charge in [-0.1, -0.05) is 11.6 Å². The van der Waals surface area contributed by atoms with Crippen molar-refractivity contribution >= 4 is 28.5 Å². The molecule has 0 spiro atoms. The number of aromatic amines is 1. The molecule has 0 aromatic carbocycles. The molecule has 3 aromatic rings. The number of pyridine rings is 2. The van der Waals surface area contributed by atoms with Gasteiger partial charge in [-0.3, -0.25) is 0 Å². The Morgan fingerprint density at radius 2 is 1.80 bits per heavy atom. The average molecular weight is 425 g/mol. The number of hydrogen-bond donors (Lipinski definition) is 3. The lowest BCUT2D eigenvalue weighted by atomic mass is 9.88. The Morgan fingerprint density at radius 3 is 2.60 bits per heavy atom. The number of hydrogen-bond acceptors (Lipinski definition) is 5. The molecule has 0 amide bonds. The fourth-order valence-corrected chi connectivity index (χ4v) is 5.31. The summed E-state index contributed by atoms with van der Waals surface area (Å²) in [6.45, 7) is 2.10. The van der Waals surface area contributed by atoms with Gasteiger partial charge in [-0.05, 0) is 81.4 Å². The van der Waals surface area contributed by atoms with Gasteiger partial charge in [0.25, 0.3) is 0 Å². The third-order valence-electron chi connectivity index (χ3n) is 6.64. The van der Waals surface area contributed by atoms with Crippen LogP contribution in [0.4, 0.5) is 5.82 Å². The minimum absolute atomic E-state index is 0.331. The van der Waals surface area contributed by atoms with Crippen LogP contribution in [0.15, 0.2) is 36.7 Å². The van der Waals surface area contributed by atoms with Crippen LogP contribution in [0.3, 0.4) is 0 Å². The lowest BCUT2D eigenvalue weighted by Crippen LogP contribution is -2.50. The van der Waals surface area contributed by atoms with E-state index in [1.807, 2.05) is 18.3 Å². The number of H-pyrrole nitrogens is 1. The normalized spacial score (nSPS) is 23.0. The van der Waals surface area contributed by atoms with Crippen molar-refractivity contribution in [3.05, 3.63) is 41.8 Å². The molecule has 30 heavy (non-hydrogen) atoms. The molecule has 1 aliphatic heterocycles. The maximum absolute atomic E-state index is 6.57. The SMILES string of the molecule is NC1CCC(N(c2cc(-c3c[nH]c4ncccc34)cc(Cl)n2)C2CCNCC2)CC1. The molecule has 158 valence electrons. The van der Waals surface area contributed by atoms with E-state index < -0.39 is 0 Å². The van der Waals surface area contributed by atoms with Crippen LogP contribution in [0.25, 0.3) is 22.2 Å². The highest BCUT2D eigenvalue weighted by Crippen LogP contribution is 2.35. The highest BCUT2D eigenvalue weighted by Gasteiger charge is 2.31. The Hall–Kier alpha value is -2.15. The average Bonchev–Trinajstić information content (AvgIpc) is 3.20. The third-order valence-corrected chi connectivity index (χ3v) is 6.84. The summed E-state index contributed by atoms with van der Waals surface area (Å²) < 4.78 is 0. The van der Waals surface area contributed by atoms with E-state index in [1.54, 1.807) is 6.20 Å². The van der Waals surface area contributed by atoms with E-state index in [0.717, 1.165) is 79.6 Å². The summed E-state index contributed by atoms with van der Waals surface area (Å²) in [5.41, 5.74) is 9.28. The molecule has 1 saturated carbocycles. The number of fused-ring (bicyclic) bond motifs is 1. The van der Waals surface area contributed by atoms with Gasteiger partial charge in [0.05, 0.1) is 0 Å². The summed E-state index contributed by atoms with van der Waals surface area (Å²) in [6.07, 6.45) is 10.5. The van der Waals surface area contributed by atoms with Crippen LogP contribution >= 0.6 is 11.6 Å². The smallest absolute Gasteiger partial charge is 0.137 e. The van der Waals surface area contributed by atoms with Crippen LogP contribution < -0.4 is 16.0 Å². The fraction of sp³-hybridized carbons (Fsp3) is 0.478. The largest absolute Gasteiger partial charge is 0.350 e. The first-order valence-corrected chi connectivity index (χ1v) is 11.4. The van der Waals surface area contributed by atoms with Crippen LogP contribution in [-0.4, -0.2) is 46.2 Å². The summed E-state index contributed by atoms with van der Waals surface area (Å²) in [4.78, 5) is 15.1. The first kappa shape index (κ1) is 19.8. The van der Waals surface area contributed by atoms with E-state index in [2.05, 4.69) is 32.3 Å². The molecule has 0 bridgehead atoms. The van der Waals surface area contributed by atoms with Gasteiger partial charge in [0.1, 0.15) is 16.6 Å². The zero-order valence-corrected chi connectivity index (χ0v) is 17.9. The van der Waals surface area contributed by atoms with Gasteiger partial charge in [0.15, 0.2) is 0 Å². The number of rotatable bonds is 4. The van der Waals surface area contributed by atoms with Crippen molar-refractivity contribution in [1.29, 1.82) is 0 Å². The van der Waals surface area contributed by atoms with Gasteiger partial charge < -0.3 is 20.9 Å². The van der Waals surface area contributed by atoms with Gasteiger partial charge in [0, 0.05) is 41.5 Å². The Labute approximate surface area is 182 Å². The molecule has 1 saturated heterocycles. The molecule has 4 heterocycles. The Balaban J connectivity index is 1.55. The fourth-order valence-electron chi connectivity index (χ4n) is 5.10. The van der Waals surface area contributed by atoms with E-state index in [0.29, 0.717) is 23.3 Å². The minimum atomic E-state index is 0.331. The van der Waals surface area contributed by atoms with Crippen LogP contribution in [0.1, 0.15) is 38.5 Å². The van der Waals surface area contributed by atoms with Crippen molar-refractivity contribution in [2.24, 2.45) is 5.73 Å². The molecular weight excluding hydrogens is 396 g/mol. The Morgan fingerprint density at radius 1 is 1.03 bits per heavy atom. The number of anilines is 1. The molecule has 4 N–H and O–H groups in total. The van der Waals surface area contributed by atoms with Crippen LogP contribution in [-0.2, 0) is 0 Å². The summed E-state index contributed by atoms with van der Waals surface area (Å²) in [5.74, 6) is 0.989. The summed E-state index contributed by atoms with van der Waals surface area (Å²) >= 11 is 6.57. The summed E-state index contributed by atoms with van der Waals surface area (Å²) in [6, 6.07) is 9.50. The second-order valence-corrected chi connectivity index (χ2v) is 8.98. The molecule has 2 aliphatic rings. The number of aromatic nitrogens is 3. The van der Waals surface area contributed by atoms with Crippen LogP contribution in [0, 0.1) is 0 Å². The standard InChI is InChI=1S/C23H29ClN6/c24-21-12-15(20-14-28-23-19(20)2-1-9-27-23)13-22(29-21)30(18-7-10-26-11-8-18)17-5-3-16(25)4-6-17/h1-2,9,12-14,16-18,26H,3-8,10-11,25H2,(H,27,28). The molecule has 0 unspecified atom stereocenters. The highest BCUT2D eigenvalue weighted by molar-refractivity contribution is 6.29. The summed E-state index contributed by atoms with van der Waals surface area (Å²) in [5, 5.41) is 5.13.